The van der Waals surface area contributed by atoms with Crippen LogP contribution in [0.5, 0.6) is 0 Å². The van der Waals surface area contributed by atoms with Crippen LogP contribution in [0.2, 0.25) is 0 Å². The normalized spacial score (nSPS) is 15.1. The topological polar surface area (TPSA) is 68.3 Å². The monoisotopic (exact) mass is 442 g/mol. The first-order valence-electron chi connectivity index (χ1n) is 10.8. The predicted molar refractivity (Wildman–Crippen MR) is 125 cm³/mol. The fourth-order valence-electron chi connectivity index (χ4n) is 4.53. The zero-order valence-corrected chi connectivity index (χ0v) is 18.5. The van der Waals surface area contributed by atoms with Crippen molar-refractivity contribution < 1.29 is 4.79 Å². The molecule has 1 aliphatic rings. The Hall–Kier alpha value is -3.52. The summed E-state index contributed by atoms with van der Waals surface area (Å²) in [5, 5.41) is 14.4. The molecule has 160 valence electrons. The molecule has 0 atom stereocenters. The van der Waals surface area contributed by atoms with E-state index in [9.17, 15) is 4.79 Å². The lowest BCUT2D eigenvalue weighted by atomic mass is 9.96. The Bertz CT molecular complexity index is 1430. The van der Waals surface area contributed by atoms with Crippen LogP contribution in [0.1, 0.15) is 39.9 Å². The van der Waals surface area contributed by atoms with Crippen molar-refractivity contribution in [1.29, 1.82) is 0 Å². The number of aromatic nitrogens is 5. The van der Waals surface area contributed by atoms with E-state index in [4.69, 9.17) is 0 Å². The lowest BCUT2D eigenvalue weighted by Gasteiger charge is -2.31. The van der Waals surface area contributed by atoms with Crippen LogP contribution in [-0.2, 0) is 0 Å². The van der Waals surface area contributed by atoms with E-state index < -0.39 is 0 Å². The van der Waals surface area contributed by atoms with E-state index in [-0.39, 0.29) is 5.91 Å². The van der Waals surface area contributed by atoms with Gasteiger partial charge in [-0.15, -0.1) is 21.5 Å². The maximum Gasteiger partial charge on any atom is 0.264 e. The van der Waals surface area contributed by atoms with Crippen LogP contribution in [0.4, 0.5) is 0 Å². The molecule has 1 aromatic carbocycles. The molecule has 1 amide bonds. The summed E-state index contributed by atoms with van der Waals surface area (Å²) in [6, 6.07) is 18.0. The third kappa shape index (κ3) is 3.10. The molecule has 0 spiro atoms. The molecule has 0 saturated carbocycles. The van der Waals surface area contributed by atoms with Crippen LogP contribution in [0, 0.1) is 6.92 Å². The molecule has 0 aliphatic carbocycles. The number of thiophene rings is 1. The van der Waals surface area contributed by atoms with Gasteiger partial charge in [-0.25, -0.2) is 4.68 Å². The van der Waals surface area contributed by atoms with E-state index in [1.54, 1.807) is 0 Å². The quantitative estimate of drug-likeness (QED) is 0.414. The summed E-state index contributed by atoms with van der Waals surface area (Å²) < 4.78 is 4.00. The summed E-state index contributed by atoms with van der Waals surface area (Å²) in [6.45, 7) is 3.45. The van der Waals surface area contributed by atoms with Gasteiger partial charge >= 0.3 is 0 Å². The fraction of sp³-hybridized carbons (Fsp3) is 0.250. The molecule has 1 fully saturated rings. The molecule has 32 heavy (non-hydrogen) atoms. The number of amides is 1. The maximum absolute atomic E-state index is 13.3. The molecular weight excluding hydrogens is 420 g/mol. The van der Waals surface area contributed by atoms with Crippen LogP contribution >= 0.6 is 11.3 Å². The molecular formula is C24H22N6OS. The van der Waals surface area contributed by atoms with Gasteiger partial charge in [-0.1, -0.05) is 24.3 Å². The minimum absolute atomic E-state index is 0.106. The van der Waals surface area contributed by atoms with Gasteiger partial charge in [0.2, 0.25) is 0 Å². The van der Waals surface area contributed by atoms with Gasteiger partial charge < -0.3 is 4.90 Å². The highest BCUT2D eigenvalue weighted by Gasteiger charge is 2.28. The summed E-state index contributed by atoms with van der Waals surface area (Å²) in [6.07, 6.45) is 3.80. The third-order valence-electron chi connectivity index (χ3n) is 6.24. The fourth-order valence-corrected chi connectivity index (χ4v) is 5.68. The highest BCUT2D eigenvalue weighted by Crippen LogP contribution is 2.33. The van der Waals surface area contributed by atoms with E-state index in [1.807, 2.05) is 77.3 Å². The number of hydrogen-bond donors (Lipinski definition) is 0. The Morgan fingerprint density at radius 1 is 1.03 bits per heavy atom. The van der Waals surface area contributed by atoms with Crippen molar-refractivity contribution in [3.8, 4) is 5.69 Å². The molecule has 6 rings (SSSR count). The average Bonchev–Trinajstić information content (AvgIpc) is 3.54. The molecule has 1 aliphatic heterocycles. The molecule has 8 heteroatoms. The second-order valence-corrected chi connectivity index (χ2v) is 9.25. The van der Waals surface area contributed by atoms with E-state index in [0.717, 1.165) is 63.9 Å². The summed E-state index contributed by atoms with van der Waals surface area (Å²) in [5.41, 5.74) is 2.82. The number of aryl methyl sites for hydroxylation is 1. The molecule has 5 aromatic rings. The first-order chi connectivity index (χ1) is 15.7. The molecule has 1 saturated heterocycles. The number of likely N-dealkylation sites (tertiary alicyclic amines) is 1. The smallest absolute Gasteiger partial charge is 0.264 e. The molecule has 5 heterocycles. The second-order valence-electron chi connectivity index (χ2n) is 8.22. The molecule has 0 N–H and O–H groups in total. The van der Waals surface area contributed by atoms with Gasteiger partial charge in [0.15, 0.2) is 5.65 Å². The van der Waals surface area contributed by atoms with Gasteiger partial charge in [0, 0.05) is 30.6 Å². The van der Waals surface area contributed by atoms with Gasteiger partial charge in [0.1, 0.15) is 10.7 Å². The van der Waals surface area contributed by atoms with Gasteiger partial charge in [-0.3, -0.25) is 9.20 Å². The van der Waals surface area contributed by atoms with E-state index in [0.29, 0.717) is 5.92 Å². The van der Waals surface area contributed by atoms with Crippen LogP contribution in [0.3, 0.4) is 0 Å². The number of carbonyl (C=O) groups excluding carboxylic acids is 1. The van der Waals surface area contributed by atoms with Gasteiger partial charge in [0.25, 0.3) is 5.91 Å². The van der Waals surface area contributed by atoms with E-state index in [2.05, 4.69) is 19.7 Å². The van der Waals surface area contributed by atoms with Gasteiger partial charge in [-0.05, 0) is 50.1 Å². The Morgan fingerprint density at radius 3 is 2.62 bits per heavy atom. The maximum atomic E-state index is 13.3. The predicted octanol–water partition coefficient (Wildman–Crippen LogP) is 4.46. The van der Waals surface area contributed by atoms with E-state index in [1.165, 1.54) is 11.3 Å². The molecule has 7 nitrogen and oxygen atoms in total. The van der Waals surface area contributed by atoms with Crippen molar-refractivity contribution in [3.05, 3.63) is 77.2 Å². The number of rotatable bonds is 3. The number of para-hydroxylation sites is 1. The third-order valence-corrected chi connectivity index (χ3v) is 7.34. The molecule has 4 aromatic heterocycles. The number of benzene rings is 1. The summed E-state index contributed by atoms with van der Waals surface area (Å²) in [7, 11) is 0. The van der Waals surface area contributed by atoms with Crippen molar-refractivity contribution in [2.75, 3.05) is 13.1 Å². The number of carbonyl (C=O) groups is 1. The van der Waals surface area contributed by atoms with Crippen molar-refractivity contribution in [2.24, 2.45) is 0 Å². The molecule has 0 radical (unpaired) electrons. The summed E-state index contributed by atoms with van der Waals surface area (Å²) in [4.78, 5) is 17.1. The highest BCUT2D eigenvalue weighted by atomic mass is 32.1. The largest absolute Gasteiger partial charge is 0.338 e. The van der Waals surface area contributed by atoms with Crippen molar-refractivity contribution >= 4 is 33.1 Å². The number of fused-ring (bicyclic) bond motifs is 2. The number of nitrogens with zero attached hydrogens (tertiary/aromatic N) is 6. The first kappa shape index (κ1) is 19.2. The second kappa shape index (κ2) is 7.56. The number of hydrogen-bond acceptors (Lipinski definition) is 5. The van der Waals surface area contributed by atoms with Crippen LogP contribution in [0.15, 0.2) is 60.8 Å². The Labute approximate surface area is 188 Å². The number of piperidine rings is 1. The Morgan fingerprint density at radius 2 is 1.81 bits per heavy atom. The summed E-state index contributed by atoms with van der Waals surface area (Å²) >= 11 is 1.52. The van der Waals surface area contributed by atoms with Crippen LogP contribution < -0.4 is 0 Å². The zero-order valence-electron chi connectivity index (χ0n) is 17.7. The minimum atomic E-state index is 0.106. The van der Waals surface area contributed by atoms with Crippen molar-refractivity contribution in [2.45, 2.75) is 25.7 Å². The standard InChI is InChI=1S/C24H22N6OS/c1-16-19-15-20(32-24(19)30(27-16)18-7-3-2-4-8-18)23(31)28-13-10-17(11-14-28)22-26-25-21-9-5-6-12-29(21)22/h2-9,12,15,17H,10-11,13-14H2,1H3. The van der Waals surface area contributed by atoms with Crippen molar-refractivity contribution in [1.82, 2.24) is 29.3 Å². The van der Waals surface area contributed by atoms with Crippen LogP contribution in [0.25, 0.3) is 21.6 Å². The molecule has 0 bridgehead atoms. The minimum Gasteiger partial charge on any atom is -0.338 e. The van der Waals surface area contributed by atoms with Gasteiger partial charge in [0.05, 0.1) is 16.3 Å². The number of pyridine rings is 1. The lowest BCUT2D eigenvalue weighted by Crippen LogP contribution is -2.37. The van der Waals surface area contributed by atoms with Gasteiger partial charge in [-0.2, -0.15) is 5.10 Å². The lowest BCUT2D eigenvalue weighted by molar-refractivity contribution is 0.0716. The summed E-state index contributed by atoms with van der Waals surface area (Å²) in [5.74, 6) is 1.41. The van der Waals surface area contributed by atoms with Crippen LogP contribution in [-0.4, -0.2) is 48.3 Å². The zero-order chi connectivity index (χ0) is 21.7. The SMILES string of the molecule is Cc1nn(-c2ccccc2)c2sc(C(=O)N3CCC(c4nnc5ccccn45)CC3)cc12. The Kier molecular flexibility index (Phi) is 4.53. The molecule has 0 unspecified atom stereocenters. The van der Waals surface area contributed by atoms with Crippen molar-refractivity contribution in [3.63, 3.8) is 0 Å². The first-order valence-corrected chi connectivity index (χ1v) is 11.6. The highest BCUT2D eigenvalue weighted by molar-refractivity contribution is 7.20. The average molecular weight is 443 g/mol. The van der Waals surface area contributed by atoms with E-state index >= 15 is 0 Å². The Balaban J connectivity index is 1.23.